The Balaban J connectivity index is 0.00000220. The van der Waals surface area contributed by atoms with E-state index in [0.717, 1.165) is 32.9 Å². The van der Waals surface area contributed by atoms with Crippen LogP contribution in [0.1, 0.15) is 27.7 Å². The van der Waals surface area contributed by atoms with Crippen molar-refractivity contribution >= 4 is 126 Å². The second-order valence-corrected chi connectivity index (χ2v) is 19.1. The first kappa shape index (κ1) is 56.8. The summed E-state index contributed by atoms with van der Waals surface area (Å²) in [5.41, 5.74) is 3.99. The molecule has 0 amide bonds. The maximum absolute atomic E-state index is 12.1. The molecule has 0 aliphatic heterocycles. The summed E-state index contributed by atoms with van der Waals surface area (Å²) in [6, 6.07) is 15.4. The van der Waals surface area contributed by atoms with Crippen LogP contribution < -0.4 is 44.3 Å². The number of nitrogens with zero attached hydrogens (tertiary/aromatic N) is 12. The summed E-state index contributed by atoms with van der Waals surface area (Å²) in [6.45, 7) is 10.4. The Labute approximate surface area is 440 Å². The second kappa shape index (κ2) is 26.1. The molecule has 0 saturated heterocycles. The van der Waals surface area contributed by atoms with Crippen molar-refractivity contribution in [2.75, 3.05) is 106 Å². The number of thiazole rings is 2. The molecule has 0 atom stereocenters. The van der Waals surface area contributed by atoms with Crippen molar-refractivity contribution in [2.45, 2.75) is 32.6 Å². The van der Waals surface area contributed by atoms with Gasteiger partial charge in [0, 0.05) is 57.5 Å². The van der Waals surface area contributed by atoms with Crippen molar-refractivity contribution in [1.82, 2.24) is 24.9 Å². The zero-order valence-corrected chi connectivity index (χ0v) is 45.1. The third kappa shape index (κ3) is 14.2. The van der Waals surface area contributed by atoms with E-state index in [2.05, 4.69) is 50.9 Å². The van der Waals surface area contributed by atoms with Gasteiger partial charge in [-0.15, -0.1) is 33.1 Å². The highest BCUT2D eigenvalue weighted by Gasteiger charge is 2.23. The standard InChI is InChI=1S/C45H54N14O9S3.O3S/c1-9-57(10-2)33-20-28(30(22-35(33)66-6)53-55-44-48-27-14-13-26(65-5)19-38(27)69-44)46-41-50-42(52-43(51-41)59(15-17-60)16-18-61)47-29-21-34(58(11-3)12-4)36(67-7)23-31(29)54-56-45-49-32-24-40(71(62,63)64)37(68-8)25-39(32)70-45;1-4(2)3/h13-14,19-25,60-61H,9-12,15-18H2,1-8H3,(H,62,63,64)(H2,46,47,50,51,52);. The van der Waals surface area contributed by atoms with Gasteiger partial charge in [-0.1, -0.05) is 22.7 Å². The summed E-state index contributed by atoms with van der Waals surface area (Å²) in [5.74, 6) is 1.91. The summed E-state index contributed by atoms with van der Waals surface area (Å²) in [5, 5.41) is 45.7. The van der Waals surface area contributed by atoms with E-state index in [1.165, 1.54) is 30.6 Å². The Morgan fingerprint density at radius 3 is 1.48 bits per heavy atom. The van der Waals surface area contributed by atoms with Crippen LogP contribution in [0.25, 0.3) is 20.4 Å². The molecule has 0 bridgehead atoms. The topological polar surface area (TPSA) is 331 Å². The SMILES string of the molecule is CCN(CC)c1cc(Nc2nc(Nc3cc(N(CC)CC)c(OC)cc3N=Nc3nc4cc(S(=O)(=O)O)c(OC)cc4s3)nc(N(CCO)CCO)n2)c(N=Nc2nc3ccc(OC)cc3s2)cc1OC.O=S(=O)=O. The molecule has 0 saturated carbocycles. The molecular formula is C45H54N14O12S4. The number of methoxy groups -OCH3 is 4. The largest absolute Gasteiger partial charge is 0.497 e. The number of anilines is 7. The quantitative estimate of drug-likeness (QED) is 0.0281. The minimum absolute atomic E-state index is 0.0425. The van der Waals surface area contributed by atoms with Crippen LogP contribution in [0.2, 0.25) is 0 Å². The molecule has 30 heteroatoms. The van der Waals surface area contributed by atoms with Crippen molar-refractivity contribution in [1.29, 1.82) is 0 Å². The van der Waals surface area contributed by atoms with E-state index in [4.69, 9.17) is 46.5 Å². The Kier molecular flexibility index (Phi) is 19.8. The fourth-order valence-electron chi connectivity index (χ4n) is 7.43. The molecule has 0 aliphatic rings. The average molecular weight is 1110 g/mol. The number of nitrogens with one attached hydrogen (secondary N) is 2. The molecule has 3 aromatic heterocycles. The predicted molar refractivity (Wildman–Crippen MR) is 286 cm³/mol. The Morgan fingerprint density at radius 2 is 1.05 bits per heavy atom. The van der Waals surface area contributed by atoms with E-state index in [1.807, 2.05) is 58.0 Å². The number of aliphatic hydroxyl groups excluding tert-OH is 2. The number of hydrogen-bond donors (Lipinski definition) is 5. The summed E-state index contributed by atoms with van der Waals surface area (Å²) in [7, 11) is -1.70. The van der Waals surface area contributed by atoms with Gasteiger partial charge in [0.2, 0.25) is 28.1 Å². The highest BCUT2D eigenvalue weighted by Crippen LogP contribution is 2.44. The van der Waals surface area contributed by atoms with Crippen molar-refractivity contribution in [3.05, 3.63) is 54.6 Å². The molecular weight excluding hydrogens is 1060 g/mol. The van der Waals surface area contributed by atoms with Gasteiger partial charge in [-0.3, -0.25) is 4.55 Å². The lowest BCUT2D eigenvalue weighted by Gasteiger charge is -2.25. The lowest BCUT2D eigenvalue weighted by atomic mass is 10.2. The van der Waals surface area contributed by atoms with E-state index < -0.39 is 25.6 Å². The van der Waals surface area contributed by atoms with Crippen LogP contribution in [0.4, 0.5) is 62.2 Å². The average Bonchev–Trinajstić information content (AvgIpc) is 4.00. The molecule has 7 aromatic rings. The molecule has 4 aromatic carbocycles. The smallest absolute Gasteiger partial charge is 0.425 e. The number of azo groups is 2. The number of aromatic nitrogens is 5. The maximum atomic E-state index is 12.1. The maximum Gasteiger partial charge on any atom is 0.425 e. The molecule has 0 aliphatic carbocycles. The molecule has 3 heterocycles. The third-order valence-electron chi connectivity index (χ3n) is 11.0. The van der Waals surface area contributed by atoms with Crippen LogP contribution in [-0.4, -0.2) is 142 Å². The van der Waals surface area contributed by atoms with Crippen LogP contribution in [0.3, 0.4) is 0 Å². The van der Waals surface area contributed by atoms with Gasteiger partial charge in [0.05, 0.1) is 84.8 Å². The van der Waals surface area contributed by atoms with E-state index >= 15 is 0 Å². The van der Waals surface area contributed by atoms with Crippen molar-refractivity contribution in [3.8, 4) is 23.0 Å². The minimum Gasteiger partial charge on any atom is -0.497 e. The number of hydrogen-bond acceptors (Lipinski definition) is 27. The summed E-state index contributed by atoms with van der Waals surface area (Å²) >= 11 is 2.48. The van der Waals surface area contributed by atoms with Crippen LogP contribution in [0.15, 0.2) is 79.9 Å². The monoisotopic (exact) mass is 1110 g/mol. The molecule has 0 radical (unpaired) electrons. The fraction of sp³-hybridized carbons (Fsp3) is 0.356. The Morgan fingerprint density at radius 1 is 0.587 bits per heavy atom. The molecule has 75 heavy (non-hydrogen) atoms. The number of fused-ring (bicyclic) bond motifs is 2. The van der Waals surface area contributed by atoms with Gasteiger partial charge in [0.25, 0.3) is 10.1 Å². The van der Waals surface area contributed by atoms with Crippen molar-refractivity contribution in [2.24, 2.45) is 20.5 Å². The minimum atomic E-state index is -4.62. The molecule has 0 fully saturated rings. The van der Waals surface area contributed by atoms with Gasteiger partial charge in [0.1, 0.15) is 39.3 Å². The first-order chi connectivity index (χ1) is 36.0. The molecule has 26 nitrogen and oxygen atoms in total. The van der Waals surface area contributed by atoms with E-state index in [-0.39, 0.29) is 66.2 Å². The number of rotatable bonds is 24. The van der Waals surface area contributed by atoms with Crippen molar-refractivity contribution < 1.29 is 54.8 Å². The predicted octanol–water partition coefficient (Wildman–Crippen LogP) is 8.17. The van der Waals surface area contributed by atoms with Gasteiger partial charge in [-0.2, -0.15) is 23.4 Å². The zero-order valence-electron chi connectivity index (χ0n) is 41.9. The summed E-state index contributed by atoms with van der Waals surface area (Å²) in [6.07, 6.45) is 0. The lowest BCUT2D eigenvalue weighted by Crippen LogP contribution is -2.31. The fourth-order valence-corrected chi connectivity index (χ4v) is 9.70. The van der Waals surface area contributed by atoms with E-state index in [9.17, 15) is 23.2 Å². The number of ether oxygens (including phenoxy) is 4. The van der Waals surface area contributed by atoms with Gasteiger partial charge < -0.3 is 54.5 Å². The second-order valence-electron chi connectivity index (χ2n) is 15.3. The first-order valence-electron chi connectivity index (χ1n) is 22.7. The highest BCUT2D eigenvalue weighted by atomic mass is 32.2. The van der Waals surface area contributed by atoms with Crippen LogP contribution in [0.5, 0.6) is 23.0 Å². The van der Waals surface area contributed by atoms with Crippen molar-refractivity contribution in [3.63, 3.8) is 0 Å². The zero-order chi connectivity index (χ0) is 54.4. The first-order valence-corrected chi connectivity index (χ1v) is 26.8. The normalized spacial score (nSPS) is 11.5. The van der Waals surface area contributed by atoms with E-state index in [0.29, 0.717) is 70.3 Å². The van der Waals surface area contributed by atoms with Gasteiger partial charge in [0.15, 0.2) is 0 Å². The Bertz CT molecular complexity index is 3400. The van der Waals surface area contributed by atoms with Crippen LogP contribution in [-0.2, 0) is 20.7 Å². The number of benzene rings is 4. The van der Waals surface area contributed by atoms with E-state index in [1.54, 1.807) is 38.4 Å². The Hall–Kier alpha value is -7.48. The molecule has 7 rings (SSSR count). The lowest BCUT2D eigenvalue weighted by molar-refractivity contribution is 0.280. The molecule has 0 spiro atoms. The van der Waals surface area contributed by atoms with Crippen LogP contribution in [0, 0.1) is 0 Å². The third-order valence-corrected chi connectivity index (χ3v) is 13.6. The highest BCUT2D eigenvalue weighted by molar-refractivity contribution is 7.86. The summed E-state index contributed by atoms with van der Waals surface area (Å²) in [4.78, 5) is 28.9. The van der Waals surface area contributed by atoms with Crippen LogP contribution >= 0.6 is 22.7 Å². The molecule has 0 unspecified atom stereocenters. The van der Waals surface area contributed by atoms with Gasteiger partial charge >= 0.3 is 10.6 Å². The molecule has 400 valence electrons. The van der Waals surface area contributed by atoms with Gasteiger partial charge in [-0.25, -0.2) is 9.97 Å². The molecule has 5 N–H and O–H groups in total. The number of aliphatic hydroxyl groups is 2. The van der Waals surface area contributed by atoms with Gasteiger partial charge in [-0.05, 0) is 64.1 Å². The summed E-state index contributed by atoms with van der Waals surface area (Å²) < 4.78 is 83.2.